The Kier molecular flexibility index (Phi) is 5.38. The zero-order chi connectivity index (χ0) is 11.4. The molecule has 4 nitrogen and oxygen atoms in total. The van der Waals surface area contributed by atoms with Crippen molar-refractivity contribution in [3.05, 3.63) is 29.6 Å². The second kappa shape index (κ2) is 6.57. The summed E-state index contributed by atoms with van der Waals surface area (Å²) in [5.41, 5.74) is 1.22. The molecule has 1 aromatic rings. The summed E-state index contributed by atoms with van der Waals surface area (Å²) in [4.78, 5) is 17.2. The van der Waals surface area contributed by atoms with Crippen molar-refractivity contribution >= 4 is 18.4 Å². The molecule has 2 heterocycles. The van der Waals surface area contributed by atoms with Crippen molar-refractivity contribution in [1.29, 1.82) is 0 Å². The number of hydrogen-bond acceptors (Lipinski definition) is 3. The first kappa shape index (κ1) is 13.9. The van der Waals surface area contributed by atoms with Crippen molar-refractivity contribution in [3.63, 3.8) is 0 Å². The largest absolute Gasteiger partial charge is 0.478 e. The Morgan fingerprint density at radius 2 is 2.06 bits per heavy atom. The molecule has 1 fully saturated rings. The van der Waals surface area contributed by atoms with Gasteiger partial charge in [-0.3, -0.25) is 4.98 Å². The van der Waals surface area contributed by atoms with E-state index in [1.165, 1.54) is 32.1 Å². The quantitative estimate of drug-likeness (QED) is 0.893. The van der Waals surface area contributed by atoms with E-state index in [0.29, 0.717) is 0 Å². The van der Waals surface area contributed by atoms with Crippen LogP contribution in [-0.2, 0) is 6.42 Å². The summed E-state index contributed by atoms with van der Waals surface area (Å²) in [6.45, 7) is 3.40. The topological polar surface area (TPSA) is 53.4 Å². The van der Waals surface area contributed by atoms with Gasteiger partial charge in [-0.25, -0.2) is 4.79 Å². The van der Waals surface area contributed by atoms with Gasteiger partial charge in [-0.05, 0) is 38.1 Å². The van der Waals surface area contributed by atoms with Gasteiger partial charge in [0.2, 0.25) is 0 Å². The van der Waals surface area contributed by atoms with Crippen LogP contribution in [0, 0.1) is 0 Å². The number of pyridine rings is 1. The minimum Gasteiger partial charge on any atom is -0.478 e. The third-order valence-electron chi connectivity index (χ3n) is 2.95. The SMILES string of the molecule is Cl.O=C(O)c1ccc(CCN2CCCC2)nc1. The minimum atomic E-state index is -0.918. The number of aromatic carboxylic acids is 1. The number of halogens is 1. The number of aromatic nitrogens is 1. The van der Waals surface area contributed by atoms with Crippen LogP contribution in [-0.4, -0.2) is 40.6 Å². The molecule has 0 atom stereocenters. The van der Waals surface area contributed by atoms with Crippen LogP contribution in [0.15, 0.2) is 18.3 Å². The second-order valence-electron chi connectivity index (χ2n) is 4.14. The van der Waals surface area contributed by atoms with Crippen LogP contribution in [0.2, 0.25) is 0 Å². The molecule has 1 saturated heterocycles. The summed E-state index contributed by atoms with van der Waals surface area (Å²) in [7, 11) is 0. The van der Waals surface area contributed by atoms with Gasteiger partial charge in [-0.15, -0.1) is 12.4 Å². The van der Waals surface area contributed by atoms with Gasteiger partial charge in [0.1, 0.15) is 0 Å². The van der Waals surface area contributed by atoms with Gasteiger partial charge in [0.05, 0.1) is 5.56 Å². The predicted molar refractivity (Wildman–Crippen MR) is 67.8 cm³/mol. The molecule has 0 radical (unpaired) electrons. The lowest BCUT2D eigenvalue weighted by atomic mass is 10.2. The Morgan fingerprint density at radius 3 is 2.59 bits per heavy atom. The maximum Gasteiger partial charge on any atom is 0.337 e. The average molecular weight is 257 g/mol. The van der Waals surface area contributed by atoms with Gasteiger partial charge >= 0.3 is 5.97 Å². The number of nitrogens with zero attached hydrogens (tertiary/aromatic N) is 2. The monoisotopic (exact) mass is 256 g/mol. The van der Waals surface area contributed by atoms with Gasteiger partial charge < -0.3 is 10.0 Å². The molecule has 0 unspecified atom stereocenters. The van der Waals surface area contributed by atoms with Crippen LogP contribution < -0.4 is 0 Å². The van der Waals surface area contributed by atoms with E-state index >= 15 is 0 Å². The van der Waals surface area contributed by atoms with Gasteiger partial charge in [-0.1, -0.05) is 0 Å². The molecule has 0 aliphatic carbocycles. The van der Waals surface area contributed by atoms with Crippen molar-refractivity contribution in [3.8, 4) is 0 Å². The van der Waals surface area contributed by atoms with Crippen LogP contribution in [0.1, 0.15) is 28.9 Å². The molecule has 17 heavy (non-hydrogen) atoms. The Bertz CT molecular complexity index is 361. The Morgan fingerprint density at radius 1 is 1.35 bits per heavy atom. The van der Waals surface area contributed by atoms with Crippen molar-refractivity contribution in [2.24, 2.45) is 0 Å². The van der Waals surface area contributed by atoms with E-state index in [9.17, 15) is 4.79 Å². The molecule has 0 bridgehead atoms. The maximum absolute atomic E-state index is 10.6. The van der Waals surface area contributed by atoms with Gasteiger partial charge in [0.15, 0.2) is 0 Å². The number of carboxylic acid groups (broad SMARTS) is 1. The van der Waals surface area contributed by atoms with Crippen LogP contribution in [0.4, 0.5) is 0 Å². The average Bonchev–Trinajstić information content (AvgIpc) is 2.80. The number of carboxylic acids is 1. The molecular weight excluding hydrogens is 240 g/mol. The van der Waals surface area contributed by atoms with Crippen molar-refractivity contribution in [2.45, 2.75) is 19.3 Å². The zero-order valence-electron chi connectivity index (χ0n) is 9.63. The summed E-state index contributed by atoms with van der Waals surface area (Å²) in [6.07, 6.45) is 4.93. The first-order chi connectivity index (χ1) is 7.75. The molecule has 1 aromatic heterocycles. The minimum absolute atomic E-state index is 0. The standard InChI is InChI=1S/C12H16N2O2.ClH/c15-12(16)10-3-4-11(13-9-10)5-8-14-6-1-2-7-14;/h3-4,9H,1-2,5-8H2,(H,15,16);1H. The highest BCUT2D eigenvalue weighted by atomic mass is 35.5. The summed E-state index contributed by atoms with van der Waals surface area (Å²) in [6, 6.07) is 3.42. The van der Waals surface area contributed by atoms with Gasteiger partial charge in [0.25, 0.3) is 0 Å². The Hall–Kier alpha value is -1.13. The number of carbonyl (C=O) groups is 1. The number of likely N-dealkylation sites (tertiary alicyclic amines) is 1. The first-order valence-corrected chi connectivity index (χ1v) is 5.66. The van der Waals surface area contributed by atoms with E-state index in [1.54, 1.807) is 12.1 Å². The Labute approximate surface area is 107 Å². The molecule has 0 spiro atoms. The molecule has 0 aromatic carbocycles. The van der Waals surface area contributed by atoms with E-state index in [1.807, 2.05) is 0 Å². The lowest BCUT2D eigenvalue weighted by Gasteiger charge is -2.13. The summed E-state index contributed by atoms with van der Waals surface area (Å²) in [5, 5.41) is 8.73. The molecule has 0 saturated carbocycles. The summed E-state index contributed by atoms with van der Waals surface area (Å²) < 4.78 is 0. The highest BCUT2D eigenvalue weighted by Gasteiger charge is 2.11. The molecule has 1 aliphatic rings. The third kappa shape index (κ3) is 3.98. The van der Waals surface area contributed by atoms with Crippen LogP contribution in [0.5, 0.6) is 0 Å². The van der Waals surface area contributed by atoms with E-state index in [0.717, 1.165) is 18.7 Å². The smallest absolute Gasteiger partial charge is 0.337 e. The molecule has 1 N–H and O–H groups in total. The highest BCUT2D eigenvalue weighted by molar-refractivity contribution is 5.87. The summed E-state index contributed by atoms with van der Waals surface area (Å²) >= 11 is 0. The number of hydrogen-bond donors (Lipinski definition) is 1. The lowest BCUT2D eigenvalue weighted by Crippen LogP contribution is -2.22. The van der Waals surface area contributed by atoms with E-state index < -0.39 is 5.97 Å². The molecule has 94 valence electrons. The van der Waals surface area contributed by atoms with E-state index in [-0.39, 0.29) is 18.0 Å². The normalized spacial score (nSPS) is 15.5. The third-order valence-corrected chi connectivity index (χ3v) is 2.95. The second-order valence-corrected chi connectivity index (χ2v) is 4.14. The van der Waals surface area contributed by atoms with Crippen molar-refractivity contribution < 1.29 is 9.90 Å². The maximum atomic E-state index is 10.6. The van der Waals surface area contributed by atoms with Crippen LogP contribution >= 0.6 is 12.4 Å². The van der Waals surface area contributed by atoms with E-state index in [4.69, 9.17) is 5.11 Å². The van der Waals surface area contributed by atoms with Gasteiger partial charge in [0, 0.05) is 24.9 Å². The van der Waals surface area contributed by atoms with E-state index in [2.05, 4.69) is 9.88 Å². The molecule has 1 aliphatic heterocycles. The van der Waals surface area contributed by atoms with Crippen LogP contribution in [0.25, 0.3) is 0 Å². The van der Waals surface area contributed by atoms with Crippen molar-refractivity contribution in [2.75, 3.05) is 19.6 Å². The predicted octanol–water partition coefficient (Wildman–Crippen LogP) is 1.84. The molecular formula is C12H17ClN2O2. The fourth-order valence-electron chi connectivity index (χ4n) is 1.98. The Balaban J connectivity index is 0.00000144. The highest BCUT2D eigenvalue weighted by Crippen LogP contribution is 2.08. The molecule has 2 rings (SSSR count). The fraction of sp³-hybridized carbons (Fsp3) is 0.500. The molecule has 5 heteroatoms. The zero-order valence-corrected chi connectivity index (χ0v) is 10.4. The van der Waals surface area contributed by atoms with Gasteiger partial charge in [-0.2, -0.15) is 0 Å². The summed E-state index contributed by atoms with van der Waals surface area (Å²) in [5.74, 6) is -0.918. The lowest BCUT2D eigenvalue weighted by molar-refractivity contribution is 0.0696. The fourth-order valence-corrected chi connectivity index (χ4v) is 1.98. The van der Waals surface area contributed by atoms with Crippen molar-refractivity contribution in [1.82, 2.24) is 9.88 Å². The molecule has 0 amide bonds. The first-order valence-electron chi connectivity index (χ1n) is 5.66. The van der Waals surface area contributed by atoms with Crippen LogP contribution in [0.3, 0.4) is 0 Å². The number of rotatable bonds is 4.